The van der Waals surface area contributed by atoms with Crippen molar-refractivity contribution in [3.63, 3.8) is 0 Å². The van der Waals surface area contributed by atoms with Gasteiger partial charge in [0.05, 0.1) is 0 Å². The molecule has 0 radical (unpaired) electrons. The number of ether oxygens (including phenoxy) is 1. The van der Waals surface area contributed by atoms with Gasteiger partial charge in [-0.1, -0.05) is 35.9 Å². The van der Waals surface area contributed by atoms with Crippen LogP contribution < -0.4 is 15.4 Å². The average molecular weight is 360 g/mol. The Morgan fingerprint density at radius 1 is 0.815 bits per heavy atom. The number of para-hydroxylation sites is 1. The zero-order chi connectivity index (χ0) is 19.1. The van der Waals surface area contributed by atoms with Crippen LogP contribution in [0.4, 0.5) is 11.4 Å². The van der Waals surface area contributed by atoms with E-state index in [-0.39, 0.29) is 18.4 Å². The van der Waals surface area contributed by atoms with Crippen LogP contribution in [0.2, 0.25) is 0 Å². The molecule has 2 amide bonds. The summed E-state index contributed by atoms with van der Waals surface area (Å²) in [6, 6.07) is 23.5. The number of carbonyl (C=O) groups is 2. The summed E-state index contributed by atoms with van der Waals surface area (Å²) in [5.41, 5.74) is 2.91. The fourth-order valence-electron chi connectivity index (χ4n) is 2.49. The molecule has 3 rings (SSSR count). The van der Waals surface area contributed by atoms with E-state index in [0.717, 1.165) is 5.56 Å². The minimum atomic E-state index is -0.254. The van der Waals surface area contributed by atoms with Gasteiger partial charge in [0, 0.05) is 16.9 Å². The lowest BCUT2D eigenvalue weighted by Gasteiger charge is -2.09. The zero-order valence-corrected chi connectivity index (χ0v) is 14.9. The van der Waals surface area contributed by atoms with E-state index >= 15 is 0 Å². The van der Waals surface area contributed by atoms with E-state index in [0.29, 0.717) is 22.7 Å². The average Bonchev–Trinajstić information content (AvgIpc) is 2.69. The predicted molar refractivity (Wildman–Crippen MR) is 106 cm³/mol. The molecule has 0 atom stereocenters. The standard InChI is InChI=1S/C22H20N2O3/c1-16-6-5-7-17(14-16)22(26)24-19-12-10-18(11-13-19)23-21(25)15-27-20-8-3-2-4-9-20/h2-14H,15H2,1H3,(H,23,25)(H,24,26). The van der Waals surface area contributed by atoms with Gasteiger partial charge in [-0.25, -0.2) is 0 Å². The first kappa shape index (κ1) is 18.2. The molecule has 2 N–H and O–H groups in total. The topological polar surface area (TPSA) is 67.4 Å². The van der Waals surface area contributed by atoms with Crippen LogP contribution in [0.1, 0.15) is 15.9 Å². The van der Waals surface area contributed by atoms with Crippen molar-refractivity contribution < 1.29 is 14.3 Å². The van der Waals surface area contributed by atoms with E-state index in [9.17, 15) is 9.59 Å². The maximum absolute atomic E-state index is 12.3. The van der Waals surface area contributed by atoms with Gasteiger partial charge in [0.25, 0.3) is 11.8 Å². The van der Waals surface area contributed by atoms with Crippen molar-refractivity contribution in [3.05, 3.63) is 90.0 Å². The van der Waals surface area contributed by atoms with Crippen LogP contribution in [0.5, 0.6) is 5.75 Å². The third kappa shape index (κ3) is 5.44. The van der Waals surface area contributed by atoms with E-state index in [4.69, 9.17) is 4.74 Å². The van der Waals surface area contributed by atoms with Gasteiger partial charge in [0.2, 0.25) is 0 Å². The van der Waals surface area contributed by atoms with Gasteiger partial charge in [0.15, 0.2) is 6.61 Å². The van der Waals surface area contributed by atoms with Gasteiger partial charge < -0.3 is 15.4 Å². The molecular weight excluding hydrogens is 340 g/mol. The van der Waals surface area contributed by atoms with Crippen molar-refractivity contribution >= 4 is 23.2 Å². The molecule has 5 nitrogen and oxygen atoms in total. The second-order valence-corrected chi connectivity index (χ2v) is 6.05. The Balaban J connectivity index is 1.52. The molecule has 0 saturated carbocycles. The maximum atomic E-state index is 12.3. The molecule has 0 fully saturated rings. The number of anilines is 2. The molecule has 3 aromatic rings. The fourth-order valence-corrected chi connectivity index (χ4v) is 2.49. The Labute approximate surface area is 158 Å². The van der Waals surface area contributed by atoms with E-state index in [1.165, 1.54) is 0 Å². The quantitative estimate of drug-likeness (QED) is 0.690. The van der Waals surface area contributed by atoms with Crippen LogP contribution >= 0.6 is 0 Å². The van der Waals surface area contributed by atoms with Gasteiger partial charge in [0.1, 0.15) is 5.75 Å². The summed E-state index contributed by atoms with van der Waals surface area (Å²) in [7, 11) is 0. The maximum Gasteiger partial charge on any atom is 0.262 e. The van der Waals surface area contributed by atoms with Crippen molar-refractivity contribution in [1.82, 2.24) is 0 Å². The summed E-state index contributed by atoms with van der Waals surface area (Å²) in [5, 5.41) is 5.59. The normalized spacial score (nSPS) is 10.1. The van der Waals surface area contributed by atoms with E-state index in [1.807, 2.05) is 43.3 Å². The molecule has 0 aliphatic carbocycles. The fraction of sp³-hybridized carbons (Fsp3) is 0.0909. The van der Waals surface area contributed by atoms with Crippen molar-refractivity contribution in [1.29, 1.82) is 0 Å². The van der Waals surface area contributed by atoms with Gasteiger partial charge >= 0.3 is 0 Å². The van der Waals surface area contributed by atoms with Crippen LogP contribution in [0, 0.1) is 6.92 Å². The SMILES string of the molecule is Cc1cccc(C(=O)Nc2ccc(NC(=O)COc3ccccc3)cc2)c1. The third-order valence-corrected chi connectivity index (χ3v) is 3.82. The number of benzene rings is 3. The second kappa shape index (κ2) is 8.67. The summed E-state index contributed by atoms with van der Waals surface area (Å²) in [6.45, 7) is 1.87. The highest BCUT2D eigenvalue weighted by molar-refractivity contribution is 6.04. The minimum Gasteiger partial charge on any atom is -0.484 e. The summed E-state index contributed by atoms with van der Waals surface area (Å²) < 4.78 is 5.41. The molecular formula is C22H20N2O3. The first-order chi connectivity index (χ1) is 13.1. The van der Waals surface area contributed by atoms with Crippen LogP contribution in [-0.2, 0) is 4.79 Å². The molecule has 0 spiro atoms. The molecule has 0 aliphatic rings. The number of hydrogen-bond acceptors (Lipinski definition) is 3. The smallest absolute Gasteiger partial charge is 0.262 e. The molecule has 0 saturated heterocycles. The molecule has 3 aromatic carbocycles. The Bertz CT molecular complexity index is 922. The second-order valence-electron chi connectivity index (χ2n) is 6.05. The third-order valence-electron chi connectivity index (χ3n) is 3.82. The Morgan fingerprint density at radius 2 is 1.48 bits per heavy atom. The molecule has 0 aliphatic heterocycles. The van der Waals surface area contributed by atoms with Crippen LogP contribution in [0.25, 0.3) is 0 Å². The number of carbonyl (C=O) groups excluding carboxylic acids is 2. The van der Waals surface area contributed by atoms with Crippen LogP contribution in [0.15, 0.2) is 78.9 Å². The molecule has 136 valence electrons. The molecule has 0 bridgehead atoms. The van der Waals surface area contributed by atoms with Gasteiger partial charge in [-0.05, 0) is 55.5 Å². The molecule has 0 aromatic heterocycles. The predicted octanol–water partition coefficient (Wildman–Crippen LogP) is 4.26. The summed E-state index contributed by atoms with van der Waals surface area (Å²) >= 11 is 0. The van der Waals surface area contributed by atoms with E-state index < -0.39 is 0 Å². The largest absolute Gasteiger partial charge is 0.484 e. The highest BCUT2D eigenvalue weighted by Crippen LogP contribution is 2.15. The van der Waals surface area contributed by atoms with Crippen molar-refractivity contribution in [2.24, 2.45) is 0 Å². The monoisotopic (exact) mass is 360 g/mol. The number of aryl methyl sites for hydroxylation is 1. The van der Waals surface area contributed by atoms with E-state index in [2.05, 4.69) is 10.6 Å². The van der Waals surface area contributed by atoms with Gasteiger partial charge in [-0.2, -0.15) is 0 Å². The molecule has 27 heavy (non-hydrogen) atoms. The summed E-state index contributed by atoms with van der Waals surface area (Å²) in [4.78, 5) is 24.2. The van der Waals surface area contributed by atoms with Crippen molar-refractivity contribution in [2.75, 3.05) is 17.2 Å². The lowest BCUT2D eigenvalue weighted by molar-refractivity contribution is -0.118. The zero-order valence-electron chi connectivity index (χ0n) is 14.9. The first-order valence-corrected chi connectivity index (χ1v) is 8.56. The highest BCUT2D eigenvalue weighted by Gasteiger charge is 2.07. The van der Waals surface area contributed by atoms with E-state index in [1.54, 1.807) is 42.5 Å². The number of rotatable bonds is 6. The number of amides is 2. The van der Waals surface area contributed by atoms with Crippen molar-refractivity contribution in [2.45, 2.75) is 6.92 Å². The molecule has 5 heteroatoms. The highest BCUT2D eigenvalue weighted by atomic mass is 16.5. The van der Waals surface area contributed by atoms with Gasteiger partial charge in [-0.15, -0.1) is 0 Å². The number of hydrogen-bond donors (Lipinski definition) is 2. The van der Waals surface area contributed by atoms with Gasteiger partial charge in [-0.3, -0.25) is 9.59 Å². The van der Waals surface area contributed by atoms with Crippen molar-refractivity contribution in [3.8, 4) is 5.75 Å². The summed E-state index contributed by atoms with van der Waals surface area (Å²) in [6.07, 6.45) is 0. The minimum absolute atomic E-state index is 0.0736. The lowest BCUT2D eigenvalue weighted by Crippen LogP contribution is -2.20. The van der Waals surface area contributed by atoms with Crippen LogP contribution in [-0.4, -0.2) is 18.4 Å². The lowest BCUT2D eigenvalue weighted by atomic mass is 10.1. The summed E-state index contributed by atoms with van der Waals surface area (Å²) in [5.74, 6) is 0.212. The Kier molecular flexibility index (Phi) is 5.84. The molecule has 0 unspecified atom stereocenters. The Morgan fingerprint density at radius 3 is 2.15 bits per heavy atom. The molecule has 0 heterocycles. The first-order valence-electron chi connectivity index (χ1n) is 8.56. The Hall–Kier alpha value is -3.60. The number of nitrogens with one attached hydrogen (secondary N) is 2. The van der Waals surface area contributed by atoms with Crippen LogP contribution in [0.3, 0.4) is 0 Å².